The molecule has 0 fully saturated rings. The Balaban J connectivity index is 1.93. The molecule has 0 N–H and O–H groups in total. The summed E-state index contributed by atoms with van der Waals surface area (Å²) in [6, 6.07) is 5.98. The molecule has 3 heterocycles. The summed E-state index contributed by atoms with van der Waals surface area (Å²) >= 11 is 0. The van der Waals surface area contributed by atoms with E-state index in [2.05, 4.69) is 9.98 Å². The first-order chi connectivity index (χ1) is 9.15. The van der Waals surface area contributed by atoms with Gasteiger partial charge in [0, 0.05) is 31.3 Å². The van der Waals surface area contributed by atoms with E-state index in [-0.39, 0.29) is 5.91 Å². The van der Waals surface area contributed by atoms with E-state index in [1.807, 2.05) is 30.0 Å². The molecular weight excluding hydrogens is 238 g/mol. The molecule has 0 aromatic carbocycles. The fraction of sp³-hybridized carbons (Fsp3) is 0.400. The van der Waals surface area contributed by atoms with Crippen molar-refractivity contribution in [2.75, 3.05) is 19.6 Å². The number of aliphatic imine (C=N–C) groups is 1. The Hall–Kier alpha value is -1.97. The predicted octanol–water partition coefficient (Wildman–Crippen LogP) is 1.74. The fourth-order valence-electron chi connectivity index (χ4n) is 2.67. The Morgan fingerprint density at radius 3 is 2.95 bits per heavy atom. The summed E-state index contributed by atoms with van der Waals surface area (Å²) in [6.07, 6.45) is 0.938. The van der Waals surface area contributed by atoms with E-state index < -0.39 is 0 Å². The van der Waals surface area contributed by atoms with E-state index >= 15 is 0 Å². The topological polar surface area (TPSA) is 45.6 Å². The highest BCUT2D eigenvalue weighted by Gasteiger charge is 2.28. The van der Waals surface area contributed by atoms with E-state index in [1.165, 1.54) is 11.1 Å². The first-order valence-corrected chi connectivity index (χ1v) is 6.60. The number of carbonyl (C=O) groups is 1. The highest BCUT2D eigenvalue weighted by molar-refractivity contribution is 6.14. The van der Waals surface area contributed by atoms with E-state index in [0.717, 1.165) is 36.6 Å². The SMILES string of the molecule is CC(=O)N1CCC2=C(C1)C(c1cccc(C)n1)=NC2. The maximum Gasteiger partial charge on any atom is 0.219 e. The molecule has 2 aliphatic heterocycles. The standard InChI is InChI=1S/C15H17N3O/c1-10-4-3-5-14(17-10)15-13-9-18(11(2)19)7-6-12(13)8-16-15/h3-5H,6-9H2,1-2H3. The molecule has 0 aliphatic carbocycles. The Bertz CT molecular complexity index is 601. The summed E-state index contributed by atoms with van der Waals surface area (Å²) in [6.45, 7) is 5.88. The van der Waals surface area contributed by atoms with Crippen molar-refractivity contribution in [2.24, 2.45) is 4.99 Å². The number of rotatable bonds is 1. The van der Waals surface area contributed by atoms with Crippen LogP contribution in [0.25, 0.3) is 0 Å². The third-order valence-corrected chi connectivity index (χ3v) is 3.75. The van der Waals surface area contributed by atoms with Gasteiger partial charge in [0.25, 0.3) is 0 Å². The molecule has 98 valence electrons. The zero-order chi connectivity index (χ0) is 13.4. The van der Waals surface area contributed by atoms with Gasteiger partial charge in [0.2, 0.25) is 5.91 Å². The molecule has 0 saturated heterocycles. The van der Waals surface area contributed by atoms with Crippen molar-refractivity contribution in [3.63, 3.8) is 0 Å². The van der Waals surface area contributed by atoms with E-state index in [9.17, 15) is 4.79 Å². The second-order valence-electron chi connectivity index (χ2n) is 5.10. The van der Waals surface area contributed by atoms with Gasteiger partial charge in [0.1, 0.15) is 0 Å². The normalized spacial score (nSPS) is 18.4. The number of nitrogens with zero attached hydrogens (tertiary/aromatic N) is 3. The molecule has 0 spiro atoms. The third kappa shape index (κ3) is 2.18. The Morgan fingerprint density at radius 2 is 2.21 bits per heavy atom. The van der Waals surface area contributed by atoms with Crippen LogP contribution in [-0.2, 0) is 4.79 Å². The van der Waals surface area contributed by atoms with Crippen LogP contribution in [0.1, 0.15) is 24.7 Å². The molecule has 3 rings (SSSR count). The molecule has 0 saturated carbocycles. The summed E-state index contributed by atoms with van der Waals surface area (Å²) in [5.41, 5.74) is 5.48. The van der Waals surface area contributed by atoms with Crippen molar-refractivity contribution in [1.29, 1.82) is 0 Å². The number of amides is 1. The van der Waals surface area contributed by atoms with Gasteiger partial charge in [-0.2, -0.15) is 0 Å². The van der Waals surface area contributed by atoms with Crippen molar-refractivity contribution < 1.29 is 4.79 Å². The van der Waals surface area contributed by atoms with Crippen LogP contribution in [0.15, 0.2) is 34.3 Å². The summed E-state index contributed by atoms with van der Waals surface area (Å²) < 4.78 is 0. The molecule has 0 unspecified atom stereocenters. The van der Waals surface area contributed by atoms with Gasteiger partial charge >= 0.3 is 0 Å². The third-order valence-electron chi connectivity index (χ3n) is 3.75. The zero-order valence-corrected chi connectivity index (χ0v) is 11.3. The second-order valence-corrected chi connectivity index (χ2v) is 5.10. The van der Waals surface area contributed by atoms with Crippen LogP contribution in [0.3, 0.4) is 0 Å². The fourth-order valence-corrected chi connectivity index (χ4v) is 2.67. The number of pyridine rings is 1. The second kappa shape index (κ2) is 4.61. The van der Waals surface area contributed by atoms with Crippen LogP contribution in [0.5, 0.6) is 0 Å². The van der Waals surface area contributed by atoms with Crippen LogP contribution in [0, 0.1) is 6.92 Å². The molecule has 0 radical (unpaired) electrons. The van der Waals surface area contributed by atoms with Crippen molar-refractivity contribution in [2.45, 2.75) is 20.3 Å². The summed E-state index contributed by atoms with van der Waals surface area (Å²) in [5, 5.41) is 0. The van der Waals surface area contributed by atoms with Crippen LogP contribution in [0.4, 0.5) is 0 Å². The van der Waals surface area contributed by atoms with Crippen molar-refractivity contribution in [3.05, 3.63) is 40.7 Å². The van der Waals surface area contributed by atoms with Crippen LogP contribution in [0.2, 0.25) is 0 Å². The lowest BCUT2D eigenvalue weighted by molar-refractivity contribution is -0.128. The first kappa shape index (κ1) is 12.1. The minimum Gasteiger partial charge on any atom is -0.338 e. The Labute approximate surface area is 112 Å². The predicted molar refractivity (Wildman–Crippen MR) is 74.3 cm³/mol. The molecule has 1 aromatic heterocycles. The summed E-state index contributed by atoms with van der Waals surface area (Å²) in [5.74, 6) is 0.134. The smallest absolute Gasteiger partial charge is 0.219 e. The lowest BCUT2D eigenvalue weighted by Gasteiger charge is -2.27. The average molecular weight is 255 g/mol. The van der Waals surface area contributed by atoms with Crippen molar-refractivity contribution in [1.82, 2.24) is 9.88 Å². The number of aryl methyl sites for hydroxylation is 1. The first-order valence-electron chi connectivity index (χ1n) is 6.60. The molecule has 2 aliphatic rings. The molecule has 19 heavy (non-hydrogen) atoms. The van der Waals surface area contributed by atoms with Gasteiger partial charge in [-0.3, -0.25) is 14.8 Å². The Morgan fingerprint density at radius 1 is 1.37 bits per heavy atom. The maximum absolute atomic E-state index is 11.5. The zero-order valence-electron chi connectivity index (χ0n) is 11.3. The largest absolute Gasteiger partial charge is 0.338 e. The highest BCUT2D eigenvalue weighted by Crippen LogP contribution is 2.27. The van der Waals surface area contributed by atoms with E-state index in [1.54, 1.807) is 6.92 Å². The monoisotopic (exact) mass is 255 g/mol. The van der Waals surface area contributed by atoms with Gasteiger partial charge < -0.3 is 4.90 Å². The Kier molecular flexibility index (Phi) is 2.93. The number of hydrogen-bond acceptors (Lipinski definition) is 3. The quantitative estimate of drug-likeness (QED) is 0.767. The van der Waals surface area contributed by atoms with Crippen LogP contribution < -0.4 is 0 Å². The van der Waals surface area contributed by atoms with Crippen molar-refractivity contribution in [3.8, 4) is 0 Å². The summed E-state index contributed by atoms with van der Waals surface area (Å²) in [7, 11) is 0. The molecule has 4 heteroatoms. The lowest BCUT2D eigenvalue weighted by Crippen LogP contribution is -2.36. The van der Waals surface area contributed by atoms with Gasteiger partial charge in [-0.15, -0.1) is 0 Å². The number of aromatic nitrogens is 1. The highest BCUT2D eigenvalue weighted by atomic mass is 16.2. The van der Waals surface area contributed by atoms with Gasteiger partial charge in [-0.25, -0.2) is 0 Å². The van der Waals surface area contributed by atoms with Crippen molar-refractivity contribution >= 4 is 11.6 Å². The van der Waals surface area contributed by atoms with E-state index in [4.69, 9.17) is 0 Å². The molecule has 0 bridgehead atoms. The maximum atomic E-state index is 11.5. The minimum atomic E-state index is 0.134. The molecule has 4 nitrogen and oxygen atoms in total. The molecule has 1 amide bonds. The minimum absolute atomic E-state index is 0.134. The summed E-state index contributed by atoms with van der Waals surface area (Å²) in [4.78, 5) is 22.6. The lowest BCUT2D eigenvalue weighted by atomic mass is 9.97. The molecular formula is C15H17N3O. The van der Waals surface area contributed by atoms with E-state index in [0.29, 0.717) is 6.54 Å². The van der Waals surface area contributed by atoms with Crippen LogP contribution >= 0.6 is 0 Å². The van der Waals surface area contributed by atoms with Gasteiger partial charge in [0.05, 0.1) is 18.0 Å². The van der Waals surface area contributed by atoms with Gasteiger partial charge in [-0.05, 0) is 31.1 Å². The van der Waals surface area contributed by atoms with Gasteiger partial charge in [0.15, 0.2) is 0 Å². The van der Waals surface area contributed by atoms with Gasteiger partial charge in [-0.1, -0.05) is 6.07 Å². The molecule has 0 atom stereocenters. The van der Waals surface area contributed by atoms with Crippen LogP contribution in [-0.4, -0.2) is 41.1 Å². The number of carbonyl (C=O) groups excluding carboxylic acids is 1. The molecule has 1 aromatic rings. The number of hydrogen-bond donors (Lipinski definition) is 0. The average Bonchev–Trinajstić information content (AvgIpc) is 2.81.